The van der Waals surface area contributed by atoms with E-state index in [2.05, 4.69) is 20.5 Å². The second kappa shape index (κ2) is 3.59. The van der Waals surface area contributed by atoms with E-state index in [1.165, 1.54) is 17.7 Å². The first-order valence-corrected chi connectivity index (χ1v) is 4.86. The molecule has 1 amide bonds. The van der Waals surface area contributed by atoms with Gasteiger partial charge in [-0.3, -0.25) is 15.2 Å². The number of aromatic amines is 1. The third-order valence-electron chi connectivity index (χ3n) is 1.63. The number of nitrogens with zero attached hydrogens (tertiary/aromatic N) is 2. The first-order valence-electron chi connectivity index (χ1n) is 3.98. The largest absolute Gasteiger partial charge is 0.289 e. The average molecular weight is 208 g/mol. The Hall–Kier alpha value is -1.69. The molecular formula is C8H8N4OS. The van der Waals surface area contributed by atoms with Crippen LogP contribution in [0.15, 0.2) is 17.8 Å². The van der Waals surface area contributed by atoms with Crippen molar-refractivity contribution in [2.75, 3.05) is 5.32 Å². The minimum Gasteiger partial charge on any atom is -0.289 e. The topological polar surface area (TPSA) is 70.7 Å². The zero-order chi connectivity index (χ0) is 9.97. The van der Waals surface area contributed by atoms with Crippen molar-refractivity contribution in [2.24, 2.45) is 0 Å². The van der Waals surface area contributed by atoms with Gasteiger partial charge in [0.2, 0.25) is 5.95 Å². The van der Waals surface area contributed by atoms with E-state index in [1.54, 1.807) is 5.38 Å². The van der Waals surface area contributed by atoms with Gasteiger partial charge in [-0.1, -0.05) is 0 Å². The van der Waals surface area contributed by atoms with Crippen molar-refractivity contribution >= 4 is 23.2 Å². The van der Waals surface area contributed by atoms with Gasteiger partial charge in [0.1, 0.15) is 6.33 Å². The number of hydrogen-bond acceptors (Lipinski definition) is 4. The molecule has 2 aromatic heterocycles. The highest BCUT2D eigenvalue weighted by Gasteiger charge is 2.08. The summed E-state index contributed by atoms with van der Waals surface area (Å²) in [6.45, 7) is 1.95. The van der Waals surface area contributed by atoms with Crippen molar-refractivity contribution in [3.05, 3.63) is 28.2 Å². The van der Waals surface area contributed by atoms with Gasteiger partial charge in [0.25, 0.3) is 5.91 Å². The second-order valence-electron chi connectivity index (χ2n) is 2.72. The zero-order valence-corrected chi connectivity index (χ0v) is 8.26. The standard InChI is InChI=1S/C8H8N4OS/c1-5-2-6(3-14-5)7(13)11-8-9-4-10-12-8/h2-4H,1H3,(H2,9,10,11,12,13). The summed E-state index contributed by atoms with van der Waals surface area (Å²) in [5.41, 5.74) is 0.636. The highest BCUT2D eigenvalue weighted by atomic mass is 32.1. The number of aryl methyl sites for hydroxylation is 1. The molecule has 0 spiro atoms. The minimum absolute atomic E-state index is 0.186. The van der Waals surface area contributed by atoms with Gasteiger partial charge in [0.05, 0.1) is 5.56 Å². The van der Waals surface area contributed by atoms with Crippen molar-refractivity contribution < 1.29 is 4.79 Å². The molecule has 2 aromatic rings. The molecule has 0 saturated carbocycles. The summed E-state index contributed by atoms with van der Waals surface area (Å²) in [6, 6.07) is 1.83. The summed E-state index contributed by atoms with van der Waals surface area (Å²) >= 11 is 1.54. The van der Waals surface area contributed by atoms with Crippen molar-refractivity contribution in [1.29, 1.82) is 0 Å². The first-order chi connectivity index (χ1) is 6.75. The molecule has 0 radical (unpaired) electrons. The lowest BCUT2D eigenvalue weighted by molar-refractivity contribution is 0.102. The lowest BCUT2D eigenvalue weighted by Crippen LogP contribution is -2.11. The number of carbonyl (C=O) groups excluding carboxylic acids is 1. The van der Waals surface area contributed by atoms with Crippen LogP contribution in [0.25, 0.3) is 0 Å². The molecule has 5 nitrogen and oxygen atoms in total. The smallest absolute Gasteiger partial charge is 0.258 e. The molecule has 0 bridgehead atoms. The molecule has 0 aliphatic carbocycles. The molecule has 6 heteroatoms. The average Bonchev–Trinajstić information content (AvgIpc) is 2.75. The number of thiophene rings is 1. The van der Waals surface area contributed by atoms with E-state index in [4.69, 9.17) is 0 Å². The number of H-pyrrole nitrogens is 1. The Kier molecular flexibility index (Phi) is 2.28. The summed E-state index contributed by atoms with van der Waals surface area (Å²) in [5, 5.41) is 10.6. The lowest BCUT2D eigenvalue weighted by atomic mass is 10.3. The Morgan fingerprint density at radius 2 is 2.50 bits per heavy atom. The number of hydrogen-bond donors (Lipinski definition) is 2. The van der Waals surface area contributed by atoms with E-state index in [-0.39, 0.29) is 5.91 Å². The van der Waals surface area contributed by atoms with Gasteiger partial charge in [-0.05, 0) is 13.0 Å². The minimum atomic E-state index is -0.186. The Labute approximate surface area is 84.2 Å². The predicted molar refractivity (Wildman–Crippen MR) is 53.4 cm³/mol. The third-order valence-corrected chi connectivity index (χ3v) is 2.49. The predicted octanol–water partition coefficient (Wildman–Crippen LogP) is 1.43. The van der Waals surface area contributed by atoms with Crippen LogP contribution in [0.4, 0.5) is 5.95 Å². The highest BCUT2D eigenvalue weighted by Crippen LogP contribution is 2.13. The molecule has 0 fully saturated rings. The SMILES string of the molecule is Cc1cc(C(=O)Nc2nc[nH]n2)cs1. The van der Waals surface area contributed by atoms with E-state index in [9.17, 15) is 4.79 Å². The fourth-order valence-corrected chi connectivity index (χ4v) is 1.69. The number of anilines is 1. The van der Waals surface area contributed by atoms with Crippen LogP contribution < -0.4 is 5.32 Å². The Morgan fingerprint density at radius 3 is 3.07 bits per heavy atom. The molecule has 0 aromatic carbocycles. The van der Waals surface area contributed by atoms with Gasteiger partial charge in [0, 0.05) is 10.3 Å². The number of amides is 1. The van der Waals surface area contributed by atoms with Crippen LogP contribution in [-0.2, 0) is 0 Å². The molecule has 0 atom stereocenters. The van der Waals surface area contributed by atoms with E-state index >= 15 is 0 Å². The van der Waals surface area contributed by atoms with Gasteiger partial charge >= 0.3 is 0 Å². The summed E-state index contributed by atoms with van der Waals surface area (Å²) in [4.78, 5) is 16.4. The van der Waals surface area contributed by atoms with E-state index in [0.717, 1.165) is 4.88 Å². The molecule has 0 saturated heterocycles. The van der Waals surface area contributed by atoms with Gasteiger partial charge < -0.3 is 0 Å². The number of carbonyl (C=O) groups is 1. The van der Waals surface area contributed by atoms with Crippen LogP contribution in [0.1, 0.15) is 15.2 Å². The van der Waals surface area contributed by atoms with Gasteiger partial charge in [-0.25, -0.2) is 4.98 Å². The van der Waals surface area contributed by atoms with Gasteiger partial charge in [0.15, 0.2) is 0 Å². The number of nitrogens with one attached hydrogen (secondary N) is 2. The molecule has 2 rings (SSSR count). The molecule has 0 aliphatic rings. The normalized spacial score (nSPS) is 10.1. The monoisotopic (exact) mass is 208 g/mol. The lowest BCUT2D eigenvalue weighted by Gasteiger charge is -1.96. The second-order valence-corrected chi connectivity index (χ2v) is 3.84. The summed E-state index contributed by atoms with van der Waals surface area (Å²) in [6.07, 6.45) is 1.41. The molecule has 72 valence electrons. The summed E-state index contributed by atoms with van der Waals surface area (Å²) in [5.74, 6) is 0.104. The maximum absolute atomic E-state index is 11.5. The fourth-order valence-electron chi connectivity index (χ4n) is 1.01. The van der Waals surface area contributed by atoms with Crippen molar-refractivity contribution in [3.63, 3.8) is 0 Å². The Balaban J connectivity index is 2.10. The summed E-state index contributed by atoms with van der Waals surface area (Å²) < 4.78 is 0. The molecule has 2 heterocycles. The van der Waals surface area contributed by atoms with Crippen LogP contribution in [0.2, 0.25) is 0 Å². The van der Waals surface area contributed by atoms with Crippen LogP contribution >= 0.6 is 11.3 Å². The van der Waals surface area contributed by atoms with Gasteiger partial charge in [-0.2, -0.15) is 0 Å². The van der Waals surface area contributed by atoms with E-state index in [1.807, 2.05) is 13.0 Å². The van der Waals surface area contributed by atoms with Crippen LogP contribution in [0.5, 0.6) is 0 Å². The zero-order valence-electron chi connectivity index (χ0n) is 7.44. The first kappa shape index (κ1) is 8.89. The molecule has 0 unspecified atom stereocenters. The van der Waals surface area contributed by atoms with Crippen molar-refractivity contribution in [2.45, 2.75) is 6.92 Å². The molecule has 0 aliphatic heterocycles. The maximum atomic E-state index is 11.5. The quantitative estimate of drug-likeness (QED) is 0.784. The summed E-state index contributed by atoms with van der Waals surface area (Å²) in [7, 11) is 0. The molecule has 14 heavy (non-hydrogen) atoms. The highest BCUT2D eigenvalue weighted by molar-refractivity contribution is 7.10. The van der Waals surface area contributed by atoms with Crippen molar-refractivity contribution in [1.82, 2.24) is 15.2 Å². The van der Waals surface area contributed by atoms with Crippen LogP contribution in [0.3, 0.4) is 0 Å². The molecule has 2 N–H and O–H groups in total. The van der Waals surface area contributed by atoms with Crippen molar-refractivity contribution in [3.8, 4) is 0 Å². The van der Waals surface area contributed by atoms with Crippen LogP contribution in [0, 0.1) is 6.92 Å². The Bertz CT molecular complexity index is 434. The fraction of sp³-hybridized carbons (Fsp3) is 0.125. The van der Waals surface area contributed by atoms with Gasteiger partial charge in [-0.15, -0.1) is 16.4 Å². The van der Waals surface area contributed by atoms with E-state index < -0.39 is 0 Å². The Morgan fingerprint density at radius 1 is 1.64 bits per heavy atom. The van der Waals surface area contributed by atoms with E-state index in [0.29, 0.717) is 11.5 Å². The maximum Gasteiger partial charge on any atom is 0.258 e. The number of rotatable bonds is 2. The number of aromatic nitrogens is 3. The van der Waals surface area contributed by atoms with Crippen LogP contribution in [-0.4, -0.2) is 21.1 Å². The molecular weight excluding hydrogens is 200 g/mol. The third kappa shape index (κ3) is 1.80.